The number of guanidine groups is 1. The van der Waals surface area contributed by atoms with E-state index < -0.39 is 0 Å². The number of amides is 1. The number of hydrogen-bond acceptors (Lipinski definition) is 3. The number of aliphatic imine (C=N–C) groups is 1. The van der Waals surface area contributed by atoms with Gasteiger partial charge in [0.05, 0.1) is 6.54 Å². The van der Waals surface area contributed by atoms with E-state index in [0.29, 0.717) is 18.9 Å². The largest absolute Gasteiger partial charge is 0.370 e. The van der Waals surface area contributed by atoms with E-state index >= 15 is 0 Å². The van der Waals surface area contributed by atoms with Crippen LogP contribution in [-0.2, 0) is 4.79 Å². The predicted octanol–water partition coefficient (Wildman–Crippen LogP) is 2.41. The second-order valence-electron chi connectivity index (χ2n) is 6.53. The first-order valence-corrected chi connectivity index (χ1v) is 9.34. The van der Waals surface area contributed by atoms with Gasteiger partial charge in [-0.1, -0.05) is 11.6 Å². The number of carbonyl (C=O) groups excluding carboxylic acids is 1. The summed E-state index contributed by atoms with van der Waals surface area (Å²) in [5.74, 6) is 0.742. The number of rotatable bonds is 4. The van der Waals surface area contributed by atoms with Crippen LogP contribution >= 0.6 is 35.6 Å². The van der Waals surface area contributed by atoms with Crippen LogP contribution in [0.15, 0.2) is 29.3 Å². The molecular weight excluding hydrogens is 465 g/mol. The van der Waals surface area contributed by atoms with Gasteiger partial charge >= 0.3 is 0 Å². The molecule has 2 fully saturated rings. The number of hydrogen-bond donors (Lipinski definition) is 1. The number of anilines is 1. The van der Waals surface area contributed by atoms with Crippen LogP contribution in [0.2, 0.25) is 5.02 Å². The molecule has 2 heterocycles. The minimum absolute atomic E-state index is 0. The van der Waals surface area contributed by atoms with Crippen LogP contribution in [0.5, 0.6) is 0 Å². The lowest BCUT2D eigenvalue weighted by Gasteiger charge is -2.36. The van der Waals surface area contributed by atoms with Crippen LogP contribution in [0.1, 0.15) is 19.3 Å². The van der Waals surface area contributed by atoms with E-state index in [1.54, 1.807) is 0 Å². The Hall–Kier alpha value is -1.22. The van der Waals surface area contributed by atoms with Gasteiger partial charge in [-0.25, -0.2) is 0 Å². The van der Waals surface area contributed by atoms with Crippen molar-refractivity contribution in [2.24, 2.45) is 10.7 Å². The third-order valence-electron chi connectivity index (χ3n) is 4.85. The van der Waals surface area contributed by atoms with Gasteiger partial charge in [-0.2, -0.15) is 0 Å². The molecule has 2 saturated heterocycles. The second kappa shape index (κ2) is 10.2. The molecule has 0 aromatic heterocycles. The van der Waals surface area contributed by atoms with Crippen molar-refractivity contribution >= 4 is 53.1 Å². The van der Waals surface area contributed by atoms with Crippen LogP contribution in [0.25, 0.3) is 0 Å². The van der Waals surface area contributed by atoms with Crippen LogP contribution in [-0.4, -0.2) is 67.5 Å². The molecule has 1 amide bonds. The van der Waals surface area contributed by atoms with E-state index in [9.17, 15) is 4.79 Å². The molecule has 8 heteroatoms. The Morgan fingerprint density at radius 1 is 1.00 bits per heavy atom. The van der Waals surface area contributed by atoms with Gasteiger partial charge in [0.25, 0.3) is 0 Å². The average molecular weight is 492 g/mol. The number of nitrogens with zero attached hydrogens (tertiary/aromatic N) is 4. The van der Waals surface area contributed by atoms with E-state index in [-0.39, 0.29) is 29.9 Å². The molecular formula is C18H27ClIN5O. The Morgan fingerprint density at radius 3 is 2.23 bits per heavy atom. The standard InChI is InChI=1S/C18H26ClN5O.HI/c19-15-3-5-16(6-4-15)22-11-13-24(14-12-22)18(20)21-8-7-17(25)23-9-1-2-10-23;/h3-6H,1-2,7-14H2,(H2,20,21);1H. The number of likely N-dealkylation sites (tertiary alicyclic amines) is 1. The zero-order valence-electron chi connectivity index (χ0n) is 14.9. The summed E-state index contributed by atoms with van der Waals surface area (Å²) in [5.41, 5.74) is 7.28. The molecule has 1 aromatic carbocycles. The van der Waals surface area contributed by atoms with Crippen LogP contribution in [0.3, 0.4) is 0 Å². The molecule has 0 unspecified atom stereocenters. The Labute approximate surface area is 177 Å². The van der Waals surface area contributed by atoms with Gasteiger partial charge < -0.3 is 20.4 Å². The Kier molecular flexibility index (Phi) is 8.27. The third kappa shape index (κ3) is 5.64. The first-order chi connectivity index (χ1) is 12.1. The maximum atomic E-state index is 12.0. The minimum atomic E-state index is 0. The summed E-state index contributed by atoms with van der Waals surface area (Å²) < 4.78 is 0. The summed E-state index contributed by atoms with van der Waals surface area (Å²) >= 11 is 5.94. The zero-order valence-corrected chi connectivity index (χ0v) is 18.0. The molecule has 0 bridgehead atoms. The van der Waals surface area contributed by atoms with E-state index in [4.69, 9.17) is 17.3 Å². The van der Waals surface area contributed by atoms with Gasteiger partial charge in [-0.15, -0.1) is 24.0 Å². The van der Waals surface area contributed by atoms with Gasteiger partial charge in [0, 0.05) is 56.4 Å². The fraction of sp³-hybridized carbons (Fsp3) is 0.556. The third-order valence-corrected chi connectivity index (χ3v) is 5.11. The Bertz CT molecular complexity index is 611. The predicted molar refractivity (Wildman–Crippen MR) is 118 cm³/mol. The molecule has 6 nitrogen and oxygen atoms in total. The van der Waals surface area contributed by atoms with Gasteiger partial charge in [0.1, 0.15) is 0 Å². The number of halogens is 2. The summed E-state index contributed by atoms with van der Waals surface area (Å²) in [6.45, 7) is 5.71. The van der Waals surface area contributed by atoms with Crippen molar-refractivity contribution in [3.63, 3.8) is 0 Å². The lowest BCUT2D eigenvalue weighted by molar-refractivity contribution is -0.129. The number of piperazine rings is 1. The molecule has 2 aliphatic rings. The zero-order chi connectivity index (χ0) is 17.6. The molecule has 0 spiro atoms. The summed E-state index contributed by atoms with van der Waals surface area (Å²) in [4.78, 5) is 22.8. The highest BCUT2D eigenvalue weighted by atomic mass is 127. The average Bonchev–Trinajstić information content (AvgIpc) is 3.17. The van der Waals surface area contributed by atoms with Gasteiger partial charge in [0.2, 0.25) is 5.91 Å². The first kappa shape index (κ1) is 21.1. The van der Waals surface area contributed by atoms with Crippen molar-refractivity contribution < 1.29 is 4.79 Å². The molecule has 3 rings (SSSR count). The second-order valence-corrected chi connectivity index (χ2v) is 6.96. The van der Waals surface area contributed by atoms with Crippen molar-refractivity contribution in [2.75, 3.05) is 50.7 Å². The highest BCUT2D eigenvalue weighted by Gasteiger charge is 2.19. The van der Waals surface area contributed by atoms with E-state index in [1.807, 2.05) is 29.2 Å². The fourth-order valence-corrected chi connectivity index (χ4v) is 3.46. The maximum absolute atomic E-state index is 12.0. The minimum Gasteiger partial charge on any atom is -0.370 e. The summed E-state index contributed by atoms with van der Waals surface area (Å²) in [6, 6.07) is 7.91. The molecule has 0 atom stereocenters. The van der Waals surface area contributed by atoms with Crippen molar-refractivity contribution in [3.8, 4) is 0 Å². The van der Waals surface area contributed by atoms with Crippen molar-refractivity contribution in [2.45, 2.75) is 19.3 Å². The molecule has 2 N–H and O–H groups in total. The number of carbonyl (C=O) groups is 1. The highest BCUT2D eigenvalue weighted by molar-refractivity contribution is 14.0. The van der Waals surface area contributed by atoms with E-state index in [1.165, 1.54) is 5.69 Å². The van der Waals surface area contributed by atoms with E-state index in [0.717, 1.165) is 57.1 Å². The normalized spacial score (nSPS) is 18.0. The maximum Gasteiger partial charge on any atom is 0.224 e. The number of nitrogens with two attached hydrogens (primary N) is 1. The topological polar surface area (TPSA) is 65.2 Å². The quantitative estimate of drug-likeness (QED) is 0.399. The molecule has 0 radical (unpaired) electrons. The number of benzene rings is 1. The summed E-state index contributed by atoms with van der Waals surface area (Å²) in [6.07, 6.45) is 2.69. The van der Waals surface area contributed by atoms with Crippen LogP contribution < -0.4 is 10.6 Å². The SMILES string of the molecule is I.NC(=NCCC(=O)N1CCCC1)N1CCN(c2ccc(Cl)cc2)CC1. The molecule has 0 aliphatic carbocycles. The fourth-order valence-electron chi connectivity index (χ4n) is 3.34. The molecule has 0 saturated carbocycles. The van der Waals surface area contributed by atoms with Gasteiger partial charge in [-0.05, 0) is 37.1 Å². The highest BCUT2D eigenvalue weighted by Crippen LogP contribution is 2.19. The molecule has 2 aliphatic heterocycles. The van der Waals surface area contributed by atoms with Gasteiger partial charge in [0.15, 0.2) is 5.96 Å². The molecule has 26 heavy (non-hydrogen) atoms. The molecule has 144 valence electrons. The van der Waals surface area contributed by atoms with Gasteiger partial charge in [-0.3, -0.25) is 9.79 Å². The summed E-state index contributed by atoms with van der Waals surface area (Å²) in [5, 5.41) is 0.752. The monoisotopic (exact) mass is 491 g/mol. The smallest absolute Gasteiger partial charge is 0.224 e. The van der Waals surface area contributed by atoms with Crippen LogP contribution in [0, 0.1) is 0 Å². The first-order valence-electron chi connectivity index (χ1n) is 8.96. The Morgan fingerprint density at radius 2 is 1.62 bits per heavy atom. The summed E-state index contributed by atoms with van der Waals surface area (Å²) in [7, 11) is 0. The molecule has 1 aromatic rings. The Balaban J connectivity index is 0.00000243. The van der Waals surface area contributed by atoms with E-state index in [2.05, 4.69) is 14.8 Å². The van der Waals surface area contributed by atoms with Crippen molar-refractivity contribution in [1.82, 2.24) is 9.80 Å². The van der Waals surface area contributed by atoms with Crippen molar-refractivity contribution in [3.05, 3.63) is 29.3 Å². The lowest BCUT2D eigenvalue weighted by Crippen LogP contribution is -2.51. The van der Waals surface area contributed by atoms with Crippen LogP contribution in [0.4, 0.5) is 5.69 Å². The lowest BCUT2D eigenvalue weighted by atomic mass is 10.2. The van der Waals surface area contributed by atoms with Crippen molar-refractivity contribution in [1.29, 1.82) is 0 Å².